The van der Waals surface area contributed by atoms with E-state index in [0.29, 0.717) is 24.1 Å². The number of aryl methyl sites for hydroxylation is 1. The largest absolute Gasteiger partial charge is 0.492 e. The van der Waals surface area contributed by atoms with Crippen LogP contribution in [0.5, 0.6) is 5.75 Å². The van der Waals surface area contributed by atoms with Gasteiger partial charge in [0.1, 0.15) is 24.0 Å². The van der Waals surface area contributed by atoms with E-state index in [1.165, 1.54) is 6.07 Å². The van der Waals surface area contributed by atoms with Crippen molar-refractivity contribution in [3.05, 3.63) is 64.4 Å². The highest BCUT2D eigenvalue weighted by Gasteiger charge is 2.31. The molecular formula is C23H23F2N3O2. The predicted molar refractivity (Wildman–Crippen MR) is 110 cm³/mol. The van der Waals surface area contributed by atoms with E-state index in [1.54, 1.807) is 11.1 Å². The fourth-order valence-electron chi connectivity index (χ4n) is 4.56. The summed E-state index contributed by atoms with van der Waals surface area (Å²) in [5, 5.41) is 4.13. The normalized spacial score (nSPS) is 17.9. The number of rotatable bonds is 5. The van der Waals surface area contributed by atoms with Crippen molar-refractivity contribution >= 4 is 16.8 Å². The summed E-state index contributed by atoms with van der Waals surface area (Å²) in [6.45, 7) is 1.97. The molecule has 0 bridgehead atoms. The molecule has 7 heteroatoms. The van der Waals surface area contributed by atoms with Gasteiger partial charge >= 0.3 is 0 Å². The number of H-pyrrole nitrogens is 1. The molecule has 1 aromatic heterocycles. The topological polar surface area (TPSA) is 57.4 Å². The second kappa shape index (κ2) is 7.40. The molecule has 2 aliphatic rings. The highest BCUT2D eigenvalue weighted by Crippen LogP contribution is 2.34. The number of ether oxygens (including phenoxy) is 1. The molecule has 2 aromatic carbocycles. The molecule has 0 saturated carbocycles. The zero-order valence-corrected chi connectivity index (χ0v) is 16.7. The van der Waals surface area contributed by atoms with E-state index < -0.39 is 11.6 Å². The van der Waals surface area contributed by atoms with Crippen LogP contribution < -0.4 is 10.1 Å². The average molecular weight is 411 g/mol. The summed E-state index contributed by atoms with van der Waals surface area (Å²) >= 11 is 0. The van der Waals surface area contributed by atoms with Crippen LogP contribution in [0.4, 0.5) is 8.78 Å². The summed E-state index contributed by atoms with van der Waals surface area (Å²) < 4.78 is 33.3. The number of nitrogens with zero attached hydrogens (tertiary/aromatic N) is 1. The number of nitrogens with one attached hydrogen (secondary N) is 2. The average Bonchev–Trinajstić information content (AvgIpc) is 3.26. The summed E-state index contributed by atoms with van der Waals surface area (Å²) in [7, 11) is 1.82. The Bertz CT molecular complexity index is 1140. The third kappa shape index (κ3) is 3.23. The smallest absolute Gasteiger partial charge is 0.254 e. The van der Waals surface area contributed by atoms with E-state index in [9.17, 15) is 13.6 Å². The molecule has 0 fully saturated rings. The first-order valence-electron chi connectivity index (χ1n) is 10.2. The van der Waals surface area contributed by atoms with Crippen LogP contribution in [0.25, 0.3) is 10.9 Å². The summed E-state index contributed by atoms with van der Waals surface area (Å²) in [5.74, 6) is -0.190. The molecule has 0 radical (unpaired) electrons. The lowest BCUT2D eigenvalue weighted by molar-refractivity contribution is 0.0816. The fraction of sp³-hybridized carbons (Fsp3) is 0.348. The maximum Gasteiger partial charge on any atom is 0.254 e. The van der Waals surface area contributed by atoms with Gasteiger partial charge in [-0.2, -0.15) is 0 Å². The molecule has 30 heavy (non-hydrogen) atoms. The van der Waals surface area contributed by atoms with Crippen molar-refractivity contribution in [1.82, 2.24) is 15.2 Å². The van der Waals surface area contributed by atoms with E-state index in [2.05, 4.69) is 10.3 Å². The van der Waals surface area contributed by atoms with E-state index in [0.717, 1.165) is 59.9 Å². The Morgan fingerprint density at radius 3 is 3.00 bits per heavy atom. The first-order chi connectivity index (χ1) is 14.5. The molecule has 0 saturated heterocycles. The number of carbonyl (C=O) groups is 1. The minimum atomic E-state index is -0.566. The van der Waals surface area contributed by atoms with Gasteiger partial charge in [-0.05, 0) is 55.1 Å². The Kier molecular flexibility index (Phi) is 4.70. The lowest BCUT2D eigenvalue weighted by Crippen LogP contribution is -2.40. The van der Waals surface area contributed by atoms with Gasteiger partial charge in [-0.3, -0.25) is 4.79 Å². The minimum absolute atomic E-state index is 0.0643. The minimum Gasteiger partial charge on any atom is -0.492 e. The van der Waals surface area contributed by atoms with Crippen molar-refractivity contribution in [3.63, 3.8) is 0 Å². The number of halogens is 2. The van der Waals surface area contributed by atoms with Gasteiger partial charge in [-0.25, -0.2) is 8.78 Å². The number of benzene rings is 2. The molecule has 3 aromatic rings. The highest BCUT2D eigenvalue weighted by molar-refractivity contribution is 5.99. The van der Waals surface area contributed by atoms with Crippen LogP contribution in [0.3, 0.4) is 0 Å². The van der Waals surface area contributed by atoms with Gasteiger partial charge in [0.15, 0.2) is 0 Å². The zero-order valence-electron chi connectivity index (χ0n) is 16.7. The quantitative estimate of drug-likeness (QED) is 0.632. The number of hydrogen-bond donors (Lipinski definition) is 2. The SMILES string of the molecule is CN1Cc2c(ccc3c2CC(NCCCc2c[nH]c4c(F)cc(F)cc24)CO3)C1=O. The van der Waals surface area contributed by atoms with Gasteiger partial charge in [0.25, 0.3) is 5.91 Å². The maximum atomic E-state index is 13.8. The summed E-state index contributed by atoms with van der Waals surface area (Å²) in [4.78, 5) is 16.9. The molecule has 5 nitrogen and oxygen atoms in total. The standard InChI is InChI=1S/C23H23F2N3O2/c1-28-11-19-16(23(28)29)4-5-21-18(19)9-15(12-30-21)26-6-2-3-13-10-27-22-17(13)7-14(24)8-20(22)25/h4-5,7-8,10,15,26-27H,2-3,6,9,11-12H2,1H3. The fourth-order valence-corrected chi connectivity index (χ4v) is 4.56. The number of hydrogen-bond acceptors (Lipinski definition) is 3. The molecule has 1 atom stereocenters. The summed E-state index contributed by atoms with van der Waals surface area (Å²) in [5.41, 5.74) is 4.24. The second-order valence-corrected chi connectivity index (χ2v) is 8.12. The second-order valence-electron chi connectivity index (χ2n) is 8.12. The third-order valence-electron chi connectivity index (χ3n) is 6.10. The molecule has 1 amide bonds. The Balaban J connectivity index is 1.21. The van der Waals surface area contributed by atoms with Gasteiger partial charge in [-0.15, -0.1) is 0 Å². The van der Waals surface area contributed by atoms with Crippen molar-refractivity contribution in [2.45, 2.75) is 31.8 Å². The van der Waals surface area contributed by atoms with Crippen molar-refractivity contribution in [2.24, 2.45) is 0 Å². The van der Waals surface area contributed by atoms with E-state index in [-0.39, 0.29) is 11.9 Å². The van der Waals surface area contributed by atoms with Crippen molar-refractivity contribution < 1.29 is 18.3 Å². The predicted octanol–water partition coefficient (Wildman–Crippen LogP) is 3.56. The first-order valence-corrected chi connectivity index (χ1v) is 10.2. The first kappa shape index (κ1) is 19.1. The van der Waals surface area contributed by atoms with Crippen LogP contribution in [0.15, 0.2) is 30.5 Å². The van der Waals surface area contributed by atoms with Gasteiger partial charge in [0, 0.05) is 48.4 Å². The maximum absolute atomic E-state index is 13.8. The molecule has 2 aliphatic heterocycles. The lowest BCUT2D eigenvalue weighted by atomic mass is 9.94. The number of carbonyl (C=O) groups excluding carboxylic acids is 1. The number of fused-ring (bicyclic) bond motifs is 4. The Morgan fingerprint density at radius 1 is 1.27 bits per heavy atom. The van der Waals surface area contributed by atoms with Crippen molar-refractivity contribution in [2.75, 3.05) is 20.2 Å². The third-order valence-corrected chi connectivity index (χ3v) is 6.10. The van der Waals surface area contributed by atoms with Gasteiger partial charge in [0.05, 0.1) is 5.52 Å². The Hall–Kier alpha value is -2.93. The van der Waals surface area contributed by atoms with Crippen LogP contribution in [0.2, 0.25) is 0 Å². The van der Waals surface area contributed by atoms with Gasteiger partial charge in [-0.1, -0.05) is 0 Å². The zero-order chi connectivity index (χ0) is 20.8. The highest BCUT2D eigenvalue weighted by atomic mass is 19.1. The lowest BCUT2D eigenvalue weighted by Gasteiger charge is -2.27. The molecular weight excluding hydrogens is 388 g/mol. The number of aromatic amines is 1. The summed E-state index contributed by atoms with van der Waals surface area (Å²) in [6.07, 6.45) is 4.13. The molecule has 0 spiro atoms. The molecule has 5 rings (SSSR count). The van der Waals surface area contributed by atoms with Crippen LogP contribution in [-0.4, -0.2) is 42.0 Å². The Labute approximate surface area is 173 Å². The summed E-state index contributed by atoms with van der Waals surface area (Å²) in [6, 6.07) is 6.20. The molecule has 2 N–H and O–H groups in total. The molecule has 3 heterocycles. The monoisotopic (exact) mass is 411 g/mol. The Morgan fingerprint density at radius 2 is 2.13 bits per heavy atom. The van der Waals surface area contributed by atoms with E-state index in [4.69, 9.17) is 4.74 Å². The van der Waals surface area contributed by atoms with Crippen LogP contribution in [0, 0.1) is 11.6 Å². The molecule has 1 unspecified atom stereocenters. The number of aromatic nitrogens is 1. The number of amides is 1. The van der Waals surface area contributed by atoms with Gasteiger partial charge < -0.3 is 19.9 Å². The van der Waals surface area contributed by atoms with Crippen LogP contribution in [0.1, 0.15) is 33.5 Å². The van der Waals surface area contributed by atoms with Crippen LogP contribution >= 0.6 is 0 Å². The van der Waals surface area contributed by atoms with E-state index in [1.807, 2.05) is 19.2 Å². The molecule has 156 valence electrons. The van der Waals surface area contributed by atoms with E-state index >= 15 is 0 Å². The molecule has 0 aliphatic carbocycles. The van der Waals surface area contributed by atoms with Crippen LogP contribution in [-0.2, 0) is 19.4 Å². The van der Waals surface area contributed by atoms with Crippen molar-refractivity contribution in [1.29, 1.82) is 0 Å². The van der Waals surface area contributed by atoms with Gasteiger partial charge in [0.2, 0.25) is 0 Å². The van der Waals surface area contributed by atoms with Crippen molar-refractivity contribution in [3.8, 4) is 5.75 Å².